The standard InChI is InChI=1S/C30H25Cl2N3O5/c1-39-22-12-10-21(11-13-22)35-26(17-2-4-18(31)5-3-17)28(37)33-16-30-15-14-23(40-30)24(25(30)29(35)38)27(36)34-20-8-6-19(32)7-9-20/h2-15,23-26H,16H2,1H3,(H,33,37)(H,34,36)/t23-,24-,25+,26-,30+/m1/s1. The number of fused-ring (bicyclic) bond motifs is 1. The lowest BCUT2D eigenvalue weighted by Gasteiger charge is -2.41. The van der Waals surface area contributed by atoms with Crippen molar-refractivity contribution >= 4 is 52.3 Å². The third-order valence-corrected chi connectivity index (χ3v) is 8.17. The molecular formula is C30H25Cl2N3O5. The molecule has 2 fully saturated rings. The SMILES string of the molecule is COc1ccc(N2C(=O)[C@@H]3[C@H](C(=O)Nc4ccc(Cl)cc4)[C@H]4C=C[C@@]3(CNC(=O)[C@H]2c2ccc(Cl)cc2)O4)cc1. The molecule has 3 aromatic rings. The highest BCUT2D eigenvalue weighted by Crippen LogP contribution is 2.50. The van der Waals surface area contributed by atoms with Crippen molar-refractivity contribution in [2.24, 2.45) is 11.8 Å². The van der Waals surface area contributed by atoms with E-state index in [0.717, 1.165) is 0 Å². The highest BCUT2D eigenvalue weighted by molar-refractivity contribution is 6.31. The van der Waals surface area contributed by atoms with Crippen molar-refractivity contribution in [2.45, 2.75) is 17.7 Å². The monoisotopic (exact) mass is 577 g/mol. The van der Waals surface area contributed by atoms with Crippen molar-refractivity contribution in [3.63, 3.8) is 0 Å². The van der Waals surface area contributed by atoms with Crippen molar-refractivity contribution < 1.29 is 23.9 Å². The van der Waals surface area contributed by atoms with Gasteiger partial charge in [-0.2, -0.15) is 0 Å². The van der Waals surface area contributed by atoms with Crippen molar-refractivity contribution in [1.82, 2.24) is 5.32 Å². The molecule has 0 aromatic heterocycles. The number of nitrogens with zero attached hydrogens (tertiary/aromatic N) is 1. The molecule has 2 bridgehead atoms. The Bertz CT molecular complexity index is 1490. The van der Waals surface area contributed by atoms with Crippen LogP contribution in [0.1, 0.15) is 11.6 Å². The normalized spacial score (nSPS) is 27.0. The summed E-state index contributed by atoms with van der Waals surface area (Å²) >= 11 is 12.1. The number of carbonyl (C=O) groups excluding carboxylic acids is 3. The van der Waals surface area contributed by atoms with E-state index in [-0.39, 0.29) is 18.4 Å². The fourth-order valence-electron chi connectivity index (χ4n) is 5.77. The minimum absolute atomic E-state index is 0.0422. The Kier molecular flexibility index (Phi) is 6.78. The van der Waals surface area contributed by atoms with Crippen molar-refractivity contribution in [3.8, 4) is 5.75 Å². The minimum Gasteiger partial charge on any atom is -0.497 e. The van der Waals surface area contributed by atoms with Gasteiger partial charge in [-0.25, -0.2) is 0 Å². The molecule has 1 spiro atoms. The van der Waals surface area contributed by atoms with E-state index in [2.05, 4.69) is 10.6 Å². The number of carbonyl (C=O) groups is 3. The van der Waals surface area contributed by atoms with Gasteiger partial charge in [-0.15, -0.1) is 0 Å². The van der Waals surface area contributed by atoms with Crippen molar-refractivity contribution in [1.29, 1.82) is 0 Å². The van der Waals surface area contributed by atoms with Crippen LogP contribution in [0.3, 0.4) is 0 Å². The van der Waals surface area contributed by atoms with Crippen LogP contribution in [-0.4, -0.2) is 43.1 Å². The van der Waals surface area contributed by atoms with E-state index in [1.807, 2.05) is 0 Å². The number of halogens is 2. The topological polar surface area (TPSA) is 97.0 Å². The van der Waals surface area contributed by atoms with Crippen LogP contribution in [0.15, 0.2) is 84.9 Å². The second-order valence-corrected chi connectivity index (χ2v) is 10.8. The zero-order chi connectivity index (χ0) is 28.0. The maximum Gasteiger partial charge on any atom is 0.247 e. The minimum atomic E-state index is -1.17. The van der Waals surface area contributed by atoms with E-state index in [1.165, 1.54) is 4.90 Å². The van der Waals surface area contributed by atoms with E-state index in [4.69, 9.17) is 32.7 Å². The maximum atomic E-state index is 14.7. The van der Waals surface area contributed by atoms with Crippen LogP contribution in [0.5, 0.6) is 5.75 Å². The summed E-state index contributed by atoms with van der Waals surface area (Å²) in [7, 11) is 1.55. The van der Waals surface area contributed by atoms with Gasteiger partial charge in [0.2, 0.25) is 17.7 Å². The van der Waals surface area contributed by atoms with Crippen LogP contribution >= 0.6 is 23.2 Å². The number of ether oxygens (including phenoxy) is 2. The molecule has 2 N–H and O–H groups in total. The van der Waals surface area contributed by atoms with Gasteiger partial charge in [0, 0.05) is 21.4 Å². The van der Waals surface area contributed by atoms with Crippen molar-refractivity contribution in [2.75, 3.05) is 23.9 Å². The van der Waals surface area contributed by atoms with Crippen LogP contribution in [0.2, 0.25) is 10.0 Å². The number of methoxy groups -OCH3 is 1. The molecule has 3 heterocycles. The summed E-state index contributed by atoms with van der Waals surface area (Å²) in [5, 5.41) is 6.93. The van der Waals surface area contributed by atoms with Crippen molar-refractivity contribution in [3.05, 3.63) is 101 Å². The highest BCUT2D eigenvalue weighted by Gasteiger charge is 2.64. The Balaban J connectivity index is 1.44. The summed E-state index contributed by atoms with van der Waals surface area (Å²) in [5.41, 5.74) is 0.424. The fourth-order valence-corrected chi connectivity index (χ4v) is 6.02. The third-order valence-electron chi connectivity index (χ3n) is 7.66. The third kappa shape index (κ3) is 4.52. The molecule has 10 heteroatoms. The summed E-state index contributed by atoms with van der Waals surface area (Å²) in [6, 6.07) is 19.4. The molecule has 3 aliphatic heterocycles. The van der Waals surface area contributed by atoms with Gasteiger partial charge in [0.15, 0.2) is 0 Å². The van der Waals surface area contributed by atoms with Crippen LogP contribution in [-0.2, 0) is 19.1 Å². The average Bonchev–Trinajstić information content (AvgIpc) is 3.53. The molecule has 0 aliphatic carbocycles. The maximum absolute atomic E-state index is 14.7. The first-order valence-electron chi connectivity index (χ1n) is 12.7. The molecule has 6 rings (SSSR count). The molecule has 3 amide bonds. The van der Waals surface area contributed by atoms with E-state index in [9.17, 15) is 14.4 Å². The number of hydrogen-bond acceptors (Lipinski definition) is 5. The van der Waals surface area contributed by atoms with Gasteiger partial charge < -0.3 is 20.1 Å². The van der Waals surface area contributed by atoms with E-state index >= 15 is 0 Å². The number of nitrogens with one attached hydrogen (secondary N) is 2. The Morgan fingerprint density at radius 3 is 2.30 bits per heavy atom. The van der Waals surface area contributed by atoms with E-state index in [0.29, 0.717) is 32.7 Å². The summed E-state index contributed by atoms with van der Waals surface area (Å²) in [6.07, 6.45) is 2.95. The van der Waals surface area contributed by atoms with Crippen LogP contribution in [0.25, 0.3) is 0 Å². The lowest BCUT2D eigenvalue weighted by atomic mass is 9.73. The summed E-state index contributed by atoms with van der Waals surface area (Å²) < 4.78 is 11.6. The Hall–Kier alpha value is -3.85. The molecule has 204 valence electrons. The molecule has 3 aliphatic rings. The highest BCUT2D eigenvalue weighted by atomic mass is 35.5. The molecule has 5 atom stereocenters. The Morgan fingerprint density at radius 2 is 1.65 bits per heavy atom. The number of amides is 3. The van der Waals surface area contributed by atoms with Gasteiger partial charge in [0.25, 0.3) is 0 Å². The molecule has 2 saturated heterocycles. The zero-order valence-electron chi connectivity index (χ0n) is 21.3. The Labute approximate surface area is 240 Å². The summed E-state index contributed by atoms with van der Waals surface area (Å²) in [4.78, 5) is 43.6. The quantitative estimate of drug-likeness (QED) is 0.425. The van der Waals surface area contributed by atoms with E-state index < -0.39 is 35.5 Å². The summed E-state index contributed by atoms with van der Waals surface area (Å²) in [5.74, 6) is -2.29. The number of benzene rings is 3. The molecule has 0 radical (unpaired) electrons. The first-order valence-corrected chi connectivity index (χ1v) is 13.5. The first-order chi connectivity index (χ1) is 19.3. The largest absolute Gasteiger partial charge is 0.497 e. The van der Waals surface area contributed by atoms with Gasteiger partial charge in [-0.3, -0.25) is 19.3 Å². The van der Waals surface area contributed by atoms with Gasteiger partial charge in [0.1, 0.15) is 17.4 Å². The average molecular weight is 578 g/mol. The first kappa shape index (κ1) is 26.4. The lowest BCUT2D eigenvalue weighted by molar-refractivity contribution is -0.136. The van der Waals surface area contributed by atoms with Gasteiger partial charge in [-0.1, -0.05) is 47.5 Å². The number of hydrogen-bond donors (Lipinski definition) is 2. The van der Waals surface area contributed by atoms with E-state index in [1.54, 1.807) is 92.1 Å². The van der Waals surface area contributed by atoms with Crippen LogP contribution in [0, 0.1) is 11.8 Å². The second kappa shape index (κ2) is 10.3. The lowest BCUT2D eigenvalue weighted by Crippen LogP contribution is -2.60. The van der Waals surface area contributed by atoms with Gasteiger partial charge >= 0.3 is 0 Å². The number of rotatable bonds is 5. The molecule has 40 heavy (non-hydrogen) atoms. The zero-order valence-corrected chi connectivity index (χ0v) is 22.9. The predicted molar refractivity (Wildman–Crippen MR) is 151 cm³/mol. The molecule has 3 aromatic carbocycles. The number of anilines is 2. The summed E-state index contributed by atoms with van der Waals surface area (Å²) in [6.45, 7) is 0.0422. The molecule has 0 unspecified atom stereocenters. The molecule has 8 nitrogen and oxygen atoms in total. The fraction of sp³-hybridized carbons (Fsp3) is 0.233. The Morgan fingerprint density at radius 1 is 1.00 bits per heavy atom. The van der Waals surface area contributed by atoms with Crippen LogP contribution < -0.4 is 20.3 Å². The van der Waals surface area contributed by atoms with Gasteiger partial charge in [0.05, 0.1) is 31.6 Å². The van der Waals surface area contributed by atoms with Crippen LogP contribution in [0.4, 0.5) is 11.4 Å². The molecule has 0 saturated carbocycles. The molecular weight excluding hydrogens is 553 g/mol. The smallest absolute Gasteiger partial charge is 0.247 e. The predicted octanol–water partition coefficient (Wildman–Crippen LogP) is 4.78. The second-order valence-electron chi connectivity index (χ2n) is 9.97. The van der Waals surface area contributed by atoms with Gasteiger partial charge in [-0.05, 0) is 66.2 Å².